The van der Waals surface area contributed by atoms with Gasteiger partial charge in [0.05, 0.1) is 0 Å². The number of nitrogens with one attached hydrogen (secondary N) is 4. The average Bonchev–Trinajstić information content (AvgIpc) is 3.05. The first-order valence-electron chi connectivity index (χ1n) is 18.4. The van der Waals surface area contributed by atoms with Crippen molar-refractivity contribution in [1.29, 1.82) is 0 Å². The van der Waals surface area contributed by atoms with E-state index in [1.54, 1.807) is 0 Å². The van der Waals surface area contributed by atoms with Crippen molar-refractivity contribution in [1.82, 2.24) is 10.6 Å². The number of carbonyl (C=O) groups excluding carboxylic acids is 2. The van der Waals surface area contributed by atoms with E-state index in [1.807, 2.05) is 24.3 Å². The van der Waals surface area contributed by atoms with Crippen molar-refractivity contribution in [2.75, 3.05) is 17.2 Å². The van der Waals surface area contributed by atoms with Gasteiger partial charge in [0.2, 0.25) is 0 Å². The molecule has 6 nitrogen and oxygen atoms in total. The lowest BCUT2D eigenvalue weighted by Gasteiger charge is -2.22. The number of amides is 4. The SMILES string of the molecule is CCCCCCCCCCCCCCCCCCNC(=O)Nc1ccc(Cc2ccc(NC(=O)NC3CCCCC3)cc2)cc1. The van der Waals surface area contributed by atoms with E-state index in [0.29, 0.717) is 6.04 Å². The summed E-state index contributed by atoms with van der Waals surface area (Å²) >= 11 is 0. The lowest BCUT2D eigenvalue weighted by atomic mass is 9.96. The Balaban J connectivity index is 1.16. The maximum Gasteiger partial charge on any atom is 0.319 e. The van der Waals surface area contributed by atoms with E-state index in [1.165, 1.54) is 127 Å². The molecule has 1 aliphatic rings. The second-order valence-corrected chi connectivity index (χ2v) is 13.2. The number of urea groups is 2. The van der Waals surface area contributed by atoms with Crippen molar-refractivity contribution >= 4 is 23.4 Å². The molecule has 1 saturated carbocycles. The molecule has 1 fully saturated rings. The van der Waals surface area contributed by atoms with Crippen molar-refractivity contribution < 1.29 is 9.59 Å². The van der Waals surface area contributed by atoms with E-state index < -0.39 is 0 Å². The largest absolute Gasteiger partial charge is 0.338 e. The Morgan fingerprint density at radius 1 is 0.556 bits per heavy atom. The minimum absolute atomic E-state index is 0.119. The van der Waals surface area contributed by atoms with Gasteiger partial charge in [0.1, 0.15) is 0 Å². The molecular formula is C39H62N4O2. The highest BCUT2D eigenvalue weighted by atomic mass is 16.2. The van der Waals surface area contributed by atoms with Crippen molar-refractivity contribution in [3.05, 3.63) is 59.7 Å². The maximum atomic E-state index is 12.3. The Labute approximate surface area is 274 Å². The van der Waals surface area contributed by atoms with E-state index in [2.05, 4.69) is 52.5 Å². The number of hydrogen-bond donors (Lipinski definition) is 4. The monoisotopic (exact) mass is 618 g/mol. The highest BCUT2D eigenvalue weighted by Crippen LogP contribution is 2.19. The lowest BCUT2D eigenvalue weighted by Crippen LogP contribution is -2.38. The minimum atomic E-state index is -0.140. The predicted molar refractivity (Wildman–Crippen MR) is 191 cm³/mol. The fourth-order valence-electron chi connectivity index (χ4n) is 6.30. The molecule has 4 N–H and O–H groups in total. The maximum absolute atomic E-state index is 12.3. The van der Waals surface area contributed by atoms with Crippen molar-refractivity contribution in [2.45, 2.75) is 154 Å². The summed E-state index contributed by atoms with van der Waals surface area (Å²) in [7, 11) is 0. The predicted octanol–water partition coefficient (Wildman–Crippen LogP) is 11.1. The first kappa shape index (κ1) is 36.4. The summed E-state index contributed by atoms with van der Waals surface area (Å²) < 4.78 is 0. The molecule has 0 atom stereocenters. The van der Waals surface area contributed by atoms with Gasteiger partial charge in [-0.1, -0.05) is 147 Å². The number of rotatable bonds is 22. The number of unbranched alkanes of at least 4 members (excludes halogenated alkanes) is 15. The average molecular weight is 619 g/mol. The third-order valence-electron chi connectivity index (χ3n) is 9.09. The van der Waals surface area contributed by atoms with E-state index in [4.69, 9.17) is 0 Å². The highest BCUT2D eigenvalue weighted by molar-refractivity contribution is 5.89. The molecule has 0 aromatic heterocycles. The van der Waals surface area contributed by atoms with Crippen molar-refractivity contribution in [2.24, 2.45) is 0 Å². The van der Waals surface area contributed by atoms with Crippen LogP contribution in [0, 0.1) is 0 Å². The van der Waals surface area contributed by atoms with Crippen LogP contribution in [0.5, 0.6) is 0 Å². The quantitative estimate of drug-likeness (QED) is 0.0990. The molecule has 2 aromatic carbocycles. The smallest absolute Gasteiger partial charge is 0.319 e. The van der Waals surface area contributed by atoms with Gasteiger partial charge in [0.15, 0.2) is 0 Å². The second-order valence-electron chi connectivity index (χ2n) is 13.2. The van der Waals surface area contributed by atoms with Gasteiger partial charge < -0.3 is 21.3 Å². The van der Waals surface area contributed by atoms with E-state index >= 15 is 0 Å². The Bertz CT molecular complexity index is 1050. The van der Waals surface area contributed by atoms with Crippen LogP contribution >= 0.6 is 0 Å². The van der Waals surface area contributed by atoms with E-state index in [9.17, 15) is 9.59 Å². The number of hydrogen-bond acceptors (Lipinski definition) is 2. The van der Waals surface area contributed by atoms with E-state index in [-0.39, 0.29) is 12.1 Å². The van der Waals surface area contributed by atoms with Crippen LogP contribution in [0.25, 0.3) is 0 Å². The van der Waals surface area contributed by atoms with Gasteiger partial charge >= 0.3 is 12.1 Å². The molecule has 6 heteroatoms. The van der Waals surface area contributed by atoms with Gasteiger partial charge in [-0.2, -0.15) is 0 Å². The first-order valence-corrected chi connectivity index (χ1v) is 18.4. The van der Waals surface area contributed by atoms with Crippen LogP contribution in [-0.4, -0.2) is 24.6 Å². The van der Waals surface area contributed by atoms with Crippen LogP contribution in [-0.2, 0) is 6.42 Å². The van der Waals surface area contributed by atoms with Gasteiger partial charge in [-0.05, 0) is 61.1 Å². The normalized spacial score (nSPS) is 13.4. The Hall–Kier alpha value is -3.02. The summed E-state index contributed by atoms with van der Waals surface area (Å²) in [6.45, 7) is 3.00. The van der Waals surface area contributed by atoms with Crippen molar-refractivity contribution in [3.63, 3.8) is 0 Å². The van der Waals surface area contributed by atoms with Crippen molar-refractivity contribution in [3.8, 4) is 0 Å². The zero-order chi connectivity index (χ0) is 31.8. The Morgan fingerprint density at radius 3 is 1.44 bits per heavy atom. The number of benzene rings is 2. The molecule has 0 heterocycles. The molecule has 0 radical (unpaired) electrons. The summed E-state index contributed by atoms with van der Waals surface area (Å²) in [6.07, 6.45) is 28.2. The fourth-order valence-corrected chi connectivity index (χ4v) is 6.30. The molecule has 45 heavy (non-hydrogen) atoms. The van der Waals surface area contributed by atoms with E-state index in [0.717, 1.165) is 43.6 Å². The summed E-state index contributed by atoms with van der Waals surface area (Å²) in [5.74, 6) is 0. The van der Waals surface area contributed by atoms with Gasteiger partial charge in [-0.25, -0.2) is 9.59 Å². The fraction of sp³-hybridized carbons (Fsp3) is 0.641. The van der Waals surface area contributed by atoms with Crippen LogP contribution < -0.4 is 21.3 Å². The molecule has 0 unspecified atom stereocenters. The van der Waals surface area contributed by atoms with Gasteiger partial charge in [-0.3, -0.25) is 0 Å². The molecular weight excluding hydrogens is 556 g/mol. The molecule has 250 valence electrons. The first-order chi connectivity index (χ1) is 22.1. The lowest BCUT2D eigenvalue weighted by molar-refractivity contribution is 0.244. The molecule has 3 rings (SSSR count). The summed E-state index contributed by atoms with van der Waals surface area (Å²) in [5.41, 5.74) is 3.94. The molecule has 0 spiro atoms. The summed E-state index contributed by atoms with van der Waals surface area (Å²) in [4.78, 5) is 24.6. The standard InChI is InChI=1S/C39H62N4O2/c1-2-3-4-5-6-7-8-9-10-11-12-13-14-15-16-20-31-40-38(44)41-36-27-23-33(24-28-36)32-34-25-29-37(30-26-34)43-39(45)42-35-21-18-17-19-22-35/h23-30,35H,2-22,31-32H2,1H3,(H2,40,41,44)(H2,42,43,45). The molecule has 2 aromatic rings. The summed E-state index contributed by atoms with van der Waals surface area (Å²) in [6, 6.07) is 16.1. The van der Waals surface area contributed by atoms with Crippen LogP contribution in [0.3, 0.4) is 0 Å². The zero-order valence-electron chi connectivity index (χ0n) is 28.3. The highest BCUT2D eigenvalue weighted by Gasteiger charge is 2.15. The Kier molecular flexibility index (Phi) is 18.9. The molecule has 4 amide bonds. The molecule has 0 saturated heterocycles. The minimum Gasteiger partial charge on any atom is -0.338 e. The van der Waals surface area contributed by atoms with Gasteiger partial charge in [0, 0.05) is 24.0 Å². The second kappa shape index (κ2) is 23.3. The van der Waals surface area contributed by atoms with Crippen LogP contribution in [0.2, 0.25) is 0 Å². The van der Waals surface area contributed by atoms with Gasteiger partial charge in [0.25, 0.3) is 0 Å². The topological polar surface area (TPSA) is 82.3 Å². The Morgan fingerprint density at radius 2 is 0.978 bits per heavy atom. The third-order valence-corrected chi connectivity index (χ3v) is 9.09. The molecule has 0 bridgehead atoms. The number of carbonyl (C=O) groups is 2. The third kappa shape index (κ3) is 17.3. The summed E-state index contributed by atoms with van der Waals surface area (Å²) in [5, 5.41) is 12.0. The van der Waals surface area contributed by atoms with Crippen LogP contribution in [0.1, 0.15) is 153 Å². The number of anilines is 2. The molecule has 1 aliphatic carbocycles. The van der Waals surface area contributed by atoms with Gasteiger partial charge in [-0.15, -0.1) is 0 Å². The van der Waals surface area contributed by atoms with Crippen LogP contribution in [0.4, 0.5) is 21.0 Å². The van der Waals surface area contributed by atoms with Crippen LogP contribution in [0.15, 0.2) is 48.5 Å². The zero-order valence-corrected chi connectivity index (χ0v) is 28.3. The molecule has 0 aliphatic heterocycles.